The molecule has 0 radical (unpaired) electrons. The largest absolute Gasteiger partial charge is 0.485 e. The molecule has 2 heterocycles. The molecule has 1 N–H and O–H groups in total. The van der Waals surface area contributed by atoms with Crippen molar-refractivity contribution in [1.82, 2.24) is 5.32 Å². The van der Waals surface area contributed by atoms with E-state index in [0.29, 0.717) is 18.0 Å². The second-order valence-corrected chi connectivity index (χ2v) is 5.66. The molecule has 0 saturated carbocycles. The Kier molecular flexibility index (Phi) is 4.92. The van der Waals surface area contributed by atoms with E-state index in [9.17, 15) is 4.79 Å². The molecular formula is C18H19ClN2O3. The van der Waals surface area contributed by atoms with Gasteiger partial charge in [0.15, 0.2) is 11.5 Å². The van der Waals surface area contributed by atoms with Gasteiger partial charge in [0.05, 0.1) is 0 Å². The minimum absolute atomic E-state index is 0. The van der Waals surface area contributed by atoms with Crippen molar-refractivity contribution in [2.24, 2.45) is 0 Å². The lowest BCUT2D eigenvalue weighted by Gasteiger charge is -2.30. The number of fused-ring (bicyclic) bond motifs is 2. The van der Waals surface area contributed by atoms with E-state index < -0.39 is 6.10 Å². The molecule has 0 aliphatic carbocycles. The van der Waals surface area contributed by atoms with Gasteiger partial charge in [0.1, 0.15) is 6.61 Å². The number of hydrogen-bond acceptors (Lipinski definition) is 4. The van der Waals surface area contributed by atoms with Crippen LogP contribution in [0.4, 0.5) is 5.69 Å². The maximum Gasteiger partial charge on any atom is 0.271 e. The van der Waals surface area contributed by atoms with Crippen LogP contribution in [0.5, 0.6) is 11.5 Å². The topological polar surface area (TPSA) is 50.8 Å². The highest BCUT2D eigenvalue weighted by molar-refractivity contribution is 5.98. The predicted molar refractivity (Wildman–Crippen MR) is 94.1 cm³/mol. The van der Waals surface area contributed by atoms with Crippen molar-refractivity contribution in [2.45, 2.75) is 12.6 Å². The van der Waals surface area contributed by atoms with E-state index in [0.717, 1.165) is 24.3 Å². The van der Waals surface area contributed by atoms with Gasteiger partial charge in [-0.05, 0) is 23.8 Å². The highest BCUT2D eigenvalue weighted by Crippen LogP contribution is 2.32. The first kappa shape index (κ1) is 16.6. The third-order valence-corrected chi connectivity index (χ3v) is 4.16. The third-order valence-electron chi connectivity index (χ3n) is 4.16. The van der Waals surface area contributed by atoms with E-state index in [4.69, 9.17) is 9.47 Å². The minimum atomic E-state index is -0.615. The second kappa shape index (κ2) is 7.11. The van der Waals surface area contributed by atoms with Crippen molar-refractivity contribution in [3.05, 3.63) is 54.1 Å². The second-order valence-electron chi connectivity index (χ2n) is 5.66. The van der Waals surface area contributed by atoms with Crippen molar-refractivity contribution in [3.63, 3.8) is 0 Å². The van der Waals surface area contributed by atoms with Gasteiger partial charge < -0.3 is 19.7 Å². The molecule has 4 rings (SSSR count). The minimum Gasteiger partial charge on any atom is -0.485 e. The number of para-hydroxylation sites is 3. The molecule has 126 valence electrons. The van der Waals surface area contributed by atoms with Gasteiger partial charge in [0.25, 0.3) is 5.91 Å². The molecule has 5 nitrogen and oxygen atoms in total. The summed E-state index contributed by atoms with van der Waals surface area (Å²) < 4.78 is 11.5. The van der Waals surface area contributed by atoms with Crippen molar-refractivity contribution in [1.29, 1.82) is 0 Å². The number of benzene rings is 2. The van der Waals surface area contributed by atoms with E-state index in [1.165, 1.54) is 0 Å². The zero-order valence-electron chi connectivity index (χ0n) is 13.1. The molecular weight excluding hydrogens is 328 g/mol. The number of nitrogens with one attached hydrogen (secondary N) is 1. The van der Waals surface area contributed by atoms with E-state index in [2.05, 4.69) is 5.32 Å². The third kappa shape index (κ3) is 3.05. The summed E-state index contributed by atoms with van der Waals surface area (Å²) in [7, 11) is 0. The fourth-order valence-corrected chi connectivity index (χ4v) is 3.00. The monoisotopic (exact) mass is 346 g/mol. The molecule has 0 aromatic heterocycles. The number of hydrogen-bond donors (Lipinski definition) is 1. The van der Waals surface area contributed by atoms with E-state index in [1.807, 2.05) is 48.5 Å². The van der Waals surface area contributed by atoms with Gasteiger partial charge in [-0.25, -0.2) is 0 Å². The van der Waals surface area contributed by atoms with Crippen LogP contribution in [0.2, 0.25) is 0 Å². The van der Waals surface area contributed by atoms with Crippen LogP contribution >= 0.6 is 12.4 Å². The summed E-state index contributed by atoms with van der Waals surface area (Å²) in [5, 5.41) is 3.34. The smallest absolute Gasteiger partial charge is 0.271 e. The van der Waals surface area contributed by atoms with Gasteiger partial charge in [-0.15, -0.1) is 12.4 Å². The Morgan fingerprint density at radius 1 is 1.08 bits per heavy atom. The molecule has 1 amide bonds. The fraction of sp³-hybridized carbons (Fsp3) is 0.278. The molecule has 2 aromatic carbocycles. The van der Waals surface area contributed by atoms with Crippen LogP contribution in [0.3, 0.4) is 0 Å². The van der Waals surface area contributed by atoms with Crippen LogP contribution in [0, 0.1) is 0 Å². The van der Waals surface area contributed by atoms with Crippen molar-refractivity contribution in [2.75, 3.05) is 24.6 Å². The SMILES string of the molecule is Cl.O=C(C1COc2ccccc2O1)N1CCNCc2ccccc21. The van der Waals surface area contributed by atoms with Crippen LogP contribution in [0.1, 0.15) is 5.56 Å². The van der Waals surface area contributed by atoms with Gasteiger partial charge in [0, 0.05) is 25.3 Å². The summed E-state index contributed by atoms with van der Waals surface area (Å²) in [6, 6.07) is 15.4. The summed E-state index contributed by atoms with van der Waals surface area (Å²) in [6.07, 6.45) is -0.615. The summed E-state index contributed by atoms with van der Waals surface area (Å²) in [4.78, 5) is 14.8. The van der Waals surface area contributed by atoms with Crippen LogP contribution in [-0.2, 0) is 11.3 Å². The number of rotatable bonds is 1. The zero-order valence-corrected chi connectivity index (χ0v) is 13.9. The van der Waals surface area contributed by atoms with Gasteiger partial charge in [0.2, 0.25) is 6.10 Å². The molecule has 6 heteroatoms. The average Bonchev–Trinajstić information content (AvgIpc) is 2.83. The Bertz CT molecular complexity index is 738. The van der Waals surface area contributed by atoms with Crippen LogP contribution < -0.4 is 19.7 Å². The molecule has 24 heavy (non-hydrogen) atoms. The average molecular weight is 347 g/mol. The maximum atomic E-state index is 13.0. The molecule has 1 atom stereocenters. The Morgan fingerprint density at radius 2 is 1.83 bits per heavy atom. The predicted octanol–water partition coefficient (Wildman–Crippen LogP) is 2.38. The number of carbonyl (C=O) groups excluding carboxylic acids is 1. The maximum absolute atomic E-state index is 13.0. The molecule has 0 spiro atoms. The lowest BCUT2D eigenvalue weighted by molar-refractivity contribution is -0.127. The number of halogens is 1. The molecule has 0 saturated heterocycles. The molecule has 2 aliphatic heterocycles. The Hall–Kier alpha value is -2.24. The molecule has 0 fully saturated rings. The Labute approximate surface area is 147 Å². The van der Waals surface area contributed by atoms with Crippen molar-refractivity contribution < 1.29 is 14.3 Å². The van der Waals surface area contributed by atoms with Gasteiger partial charge in [-0.3, -0.25) is 4.79 Å². The summed E-state index contributed by atoms with van der Waals surface area (Å²) >= 11 is 0. The fourth-order valence-electron chi connectivity index (χ4n) is 3.00. The van der Waals surface area contributed by atoms with Crippen LogP contribution in [-0.4, -0.2) is 31.7 Å². The molecule has 2 aliphatic rings. The summed E-state index contributed by atoms with van der Waals surface area (Å²) in [6.45, 7) is 2.38. The number of nitrogens with zero attached hydrogens (tertiary/aromatic N) is 1. The number of carbonyl (C=O) groups is 1. The van der Waals surface area contributed by atoms with E-state index in [-0.39, 0.29) is 24.9 Å². The normalized spacial score (nSPS) is 18.8. The molecule has 1 unspecified atom stereocenters. The lowest BCUT2D eigenvalue weighted by Crippen LogP contribution is -2.47. The first-order valence-electron chi connectivity index (χ1n) is 7.81. The van der Waals surface area contributed by atoms with Gasteiger partial charge in [-0.1, -0.05) is 30.3 Å². The zero-order chi connectivity index (χ0) is 15.6. The van der Waals surface area contributed by atoms with Gasteiger partial charge >= 0.3 is 0 Å². The quantitative estimate of drug-likeness (QED) is 0.861. The number of anilines is 1. The standard InChI is InChI=1S/C18H18N2O3.ClH/c21-18(17-12-22-15-7-3-4-8-16(15)23-17)20-10-9-19-11-13-5-1-2-6-14(13)20;/h1-8,17,19H,9-12H2;1H. The first-order valence-corrected chi connectivity index (χ1v) is 7.81. The summed E-state index contributed by atoms with van der Waals surface area (Å²) in [5.41, 5.74) is 2.07. The molecule has 0 bridgehead atoms. The number of amides is 1. The van der Waals surface area contributed by atoms with E-state index in [1.54, 1.807) is 4.90 Å². The molecule has 2 aromatic rings. The highest BCUT2D eigenvalue weighted by Gasteiger charge is 2.32. The van der Waals surface area contributed by atoms with Crippen LogP contribution in [0.25, 0.3) is 0 Å². The Morgan fingerprint density at radius 3 is 2.71 bits per heavy atom. The highest BCUT2D eigenvalue weighted by atomic mass is 35.5. The number of ether oxygens (including phenoxy) is 2. The van der Waals surface area contributed by atoms with Crippen LogP contribution in [0.15, 0.2) is 48.5 Å². The van der Waals surface area contributed by atoms with Gasteiger partial charge in [-0.2, -0.15) is 0 Å². The van der Waals surface area contributed by atoms with Crippen molar-refractivity contribution in [3.8, 4) is 11.5 Å². The summed E-state index contributed by atoms with van der Waals surface area (Å²) in [5.74, 6) is 1.25. The van der Waals surface area contributed by atoms with E-state index >= 15 is 0 Å². The van der Waals surface area contributed by atoms with Crippen molar-refractivity contribution >= 4 is 24.0 Å². The first-order chi connectivity index (χ1) is 11.3. The lowest BCUT2D eigenvalue weighted by atomic mass is 10.1. The Balaban J connectivity index is 0.00000169.